The van der Waals surface area contributed by atoms with Crippen molar-refractivity contribution in [1.82, 2.24) is 5.32 Å². The van der Waals surface area contributed by atoms with Crippen molar-refractivity contribution in [1.29, 1.82) is 0 Å². The van der Waals surface area contributed by atoms with Crippen LogP contribution in [0.3, 0.4) is 0 Å². The molecule has 5 rings (SSSR count). The Labute approximate surface area is 246 Å². The fourth-order valence-corrected chi connectivity index (χ4v) is 4.99. The average molecular weight is 566 g/mol. The lowest BCUT2D eigenvalue weighted by Gasteiger charge is -2.38. The fourth-order valence-electron chi connectivity index (χ4n) is 4.99. The van der Waals surface area contributed by atoms with Crippen molar-refractivity contribution in [2.24, 2.45) is 0 Å². The molecule has 0 aromatic heterocycles. The summed E-state index contributed by atoms with van der Waals surface area (Å²) in [7, 11) is 3.27. The van der Waals surface area contributed by atoms with E-state index < -0.39 is 6.03 Å². The van der Waals surface area contributed by atoms with E-state index in [1.807, 2.05) is 60.7 Å². The zero-order chi connectivity index (χ0) is 29.3. The quantitative estimate of drug-likeness (QED) is 0.244. The van der Waals surface area contributed by atoms with Crippen LogP contribution < -0.4 is 35.2 Å². The van der Waals surface area contributed by atoms with Gasteiger partial charge in [-0.25, -0.2) is 4.79 Å². The number of hydrogen-bond acceptors (Lipinski definition) is 6. The van der Waals surface area contributed by atoms with E-state index in [1.54, 1.807) is 44.6 Å². The van der Waals surface area contributed by atoms with Gasteiger partial charge in [-0.2, -0.15) is 0 Å². The van der Waals surface area contributed by atoms with Crippen LogP contribution in [-0.2, 0) is 6.54 Å². The summed E-state index contributed by atoms with van der Waals surface area (Å²) in [4.78, 5) is 30.8. The lowest BCUT2D eigenvalue weighted by Crippen LogP contribution is -2.47. The molecule has 42 heavy (non-hydrogen) atoms. The van der Waals surface area contributed by atoms with E-state index in [0.29, 0.717) is 29.2 Å². The van der Waals surface area contributed by atoms with Crippen molar-refractivity contribution in [3.8, 4) is 11.5 Å². The number of hydrogen-bond donors (Lipinski definition) is 3. The van der Waals surface area contributed by atoms with Gasteiger partial charge in [0, 0.05) is 49.8 Å². The predicted octanol–water partition coefficient (Wildman–Crippen LogP) is 5.60. The highest BCUT2D eigenvalue weighted by molar-refractivity contribution is 6.04. The molecular weight excluding hydrogens is 530 g/mol. The van der Waals surface area contributed by atoms with Gasteiger partial charge >= 0.3 is 6.03 Å². The molecule has 0 saturated carbocycles. The van der Waals surface area contributed by atoms with E-state index in [1.165, 1.54) is 0 Å². The number of para-hydroxylation sites is 2. The van der Waals surface area contributed by atoms with Crippen LogP contribution in [0.15, 0.2) is 97.1 Å². The maximum absolute atomic E-state index is 13.5. The summed E-state index contributed by atoms with van der Waals surface area (Å²) in [5.41, 5.74) is 4.52. The van der Waals surface area contributed by atoms with E-state index >= 15 is 0 Å². The predicted molar refractivity (Wildman–Crippen MR) is 167 cm³/mol. The molecule has 3 N–H and O–H groups in total. The largest absolute Gasteiger partial charge is 0.497 e. The Bertz CT molecular complexity index is 1500. The number of ether oxygens (including phenoxy) is 2. The Hall–Kier alpha value is -5.18. The van der Waals surface area contributed by atoms with E-state index in [9.17, 15) is 9.59 Å². The summed E-state index contributed by atoms with van der Waals surface area (Å²) >= 11 is 0. The van der Waals surface area contributed by atoms with E-state index in [4.69, 9.17) is 9.47 Å². The molecule has 1 saturated heterocycles. The first-order valence-electron chi connectivity index (χ1n) is 13.8. The third-order valence-electron chi connectivity index (χ3n) is 7.19. The first-order valence-corrected chi connectivity index (χ1v) is 13.8. The molecule has 0 spiro atoms. The minimum Gasteiger partial charge on any atom is -0.497 e. The number of benzene rings is 4. The molecule has 1 fully saturated rings. The molecule has 9 heteroatoms. The standard InChI is InChI=1S/C33H35N5O4/c1-41-27-15-12-25(13-16-27)35-33(40)36-26-14-17-29(28(22-26)32(39)34-23-24-8-4-3-5-9-24)37-18-20-38(21-19-37)30-10-6-7-11-31(30)42-2/h3-17,22H,18-21,23H2,1-2H3,(H,34,39)(H2,35,36,40). The molecule has 4 aromatic carbocycles. The van der Waals surface area contributed by atoms with Crippen LogP contribution in [-0.4, -0.2) is 52.3 Å². The van der Waals surface area contributed by atoms with Gasteiger partial charge in [0.05, 0.1) is 25.5 Å². The van der Waals surface area contributed by atoms with Gasteiger partial charge in [0.2, 0.25) is 0 Å². The zero-order valence-electron chi connectivity index (χ0n) is 23.8. The molecule has 1 heterocycles. The average Bonchev–Trinajstić information content (AvgIpc) is 3.04. The summed E-state index contributed by atoms with van der Waals surface area (Å²) in [5, 5.41) is 8.71. The molecule has 0 unspecified atom stereocenters. The van der Waals surface area contributed by atoms with Gasteiger partial charge in [-0.05, 0) is 60.2 Å². The van der Waals surface area contributed by atoms with Gasteiger partial charge in [-0.15, -0.1) is 0 Å². The molecule has 216 valence electrons. The molecule has 0 aliphatic carbocycles. The van der Waals surface area contributed by atoms with Crippen LogP contribution in [0.1, 0.15) is 15.9 Å². The van der Waals surface area contributed by atoms with Gasteiger partial charge in [0.25, 0.3) is 5.91 Å². The summed E-state index contributed by atoms with van der Waals surface area (Å²) in [6.07, 6.45) is 0. The second-order valence-electron chi connectivity index (χ2n) is 9.85. The highest BCUT2D eigenvalue weighted by Gasteiger charge is 2.24. The second-order valence-corrected chi connectivity index (χ2v) is 9.85. The number of anilines is 4. The molecule has 0 atom stereocenters. The molecular formula is C33H35N5O4. The lowest BCUT2D eigenvalue weighted by molar-refractivity contribution is 0.0951. The second kappa shape index (κ2) is 13.5. The number of nitrogens with zero attached hydrogens (tertiary/aromatic N) is 2. The van der Waals surface area contributed by atoms with Gasteiger partial charge in [-0.1, -0.05) is 42.5 Å². The molecule has 4 aromatic rings. The molecule has 0 bridgehead atoms. The number of nitrogens with one attached hydrogen (secondary N) is 3. The summed E-state index contributed by atoms with van der Waals surface area (Å²) in [6, 6.07) is 29.9. The summed E-state index contributed by atoms with van der Waals surface area (Å²) in [6.45, 7) is 3.39. The van der Waals surface area contributed by atoms with E-state index in [0.717, 1.165) is 48.9 Å². The first kappa shape index (κ1) is 28.4. The van der Waals surface area contributed by atoms with Crippen LogP contribution in [0.2, 0.25) is 0 Å². The molecule has 3 amide bonds. The minimum absolute atomic E-state index is 0.208. The van der Waals surface area contributed by atoms with Crippen LogP contribution in [0, 0.1) is 0 Å². The van der Waals surface area contributed by atoms with E-state index in [2.05, 4.69) is 31.8 Å². The Balaban J connectivity index is 1.32. The Morgan fingerprint density at radius 3 is 2.00 bits per heavy atom. The summed E-state index contributed by atoms with van der Waals surface area (Å²) < 4.78 is 10.7. The number of methoxy groups -OCH3 is 2. The van der Waals surface area contributed by atoms with Crippen molar-refractivity contribution >= 4 is 34.7 Å². The number of urea groups is 1. The van der Waals surface area contributed by atoms with E-state index in [-0.39, 0.29) is 5.91 Å². The smallest absolute Gasteiger partial charge is 0.323 e. The SMILES string of the molecule is COc1ccc(NC(=O)Nc2ccc(N3CCN(c4ccccc4OC)CC3)c(C(=O)NCc3ccccc3)c2)cc1. The fraction of sp³-hybridized carbons (Fsp3) is 0.212. The third kappa shape index (κ3) is 6.93. The molecule has 1 aliphatic heterocycles. The maximum Gasteiger partial charge on any atom is 0.323 e. The van der Waals surface area contributed by atoms with Gasteiger partial charge in [0.1, 0.15) is 11.5 Å². The van der Waals surface area contributed by atoms with Crippen molar-refractivity contribution < 1.29 is 19.1 Å². The Morgan fingerprint density at radius 2 is 1.31 bits per heavy atom. The van der Waals surface area contributed by atoms with Crippen LogP contribution >= 0.6 is 0 Å². The third-order valence-corrected chi connectivity index (χ3v) is 7.19. The normalized spacial score (nSPS) is 12.8. The number of carbonyl (C=O) groups excluding carboxylic acids is 2. The molecule has 9 nitrogen and oxygen atoms in total. The van der Waals surface area contributed by atoms with Crippen molar-refractivity contribution in [2.45, 2.75) is 6.54 Å². The minimum atomic E-state index is -0.408. The summed E-state index contributed by atoms with van der Waals surface area (Å²) in [5.74, 6) is 1.34. The van der Waals surface area contributed by atoms with Crippen molar-refractivity contribution in [3.05, 3.63) is 108 Å². The highest BCUT2D eigenvalue weighted by Crippen LogP contribution is 2.31. The van der Waals surface area contributed by atoms with Gasteiger partial charge in [0.15, 0.2) is 0 Å². The van der Waals surface area contributed by atoms with Gasteiger partial charge < -0.3 is 35.2 Å². The number of carbonyl (C=O) groups is 2. The van der Waals surface area contributed by atoms with Crippen LogP contribution in [0.5, 0.6) is 11.5 Å². The number of amides is 3. The van der Waals surface area contributed by atoms with Gasteiger partial charge in [-0.3, -0.25) is 4.79 Å². The zero-order valence-corrected chi connectivity index (χ0v) is 23.8. The number of piperazine rings is 1. The lowest BCUT2D eigenvalue weighted by atomic mass is 10.1. The maximum atomic E-state index is 13.5. The molecule has 1 aliphatic rings. The topological polar surface area (TPSA) is 95.2 Å². The van der Waals surface area contributed by atoms with Crippen LogP contribution in [0.25, 0.3) is 0 Å². The Morgan fingerprint density at radius 1 is 0.690 bits per heavy atom. The Kier molecular flexibility index (Phi) is 9.08. The monoisotopic (exact) mass is 565 g/mol. The highest BCUT2D eigenvalue weighted by atomic mass is 16.5. The van der Waals surface area contributed by atoms with Crippen molar-refractivity contribution in [2.75, 3.05) is 60.8 Å². The first-order chi connectivity index (χ1) is 20.5. The molecule has 0 radical (unpaired) electrons. The number of rotatable bonds is 9. The van der Waals surface area contributed by atoms with Crippen LogP contribution in [0.4, 0.5) is 27.5 Å². The van der Waals surface area contributed by atoms with Crippen molar-refractivity contribution in [3.63, 3.8) is 0 Å².